The van der Waals surface area contributed by atoms with Crippen molar-refractivity contribution in [1.29, 1.82) is 0 Å². The summed E-state index contributed by atoms with van der Waals surface area (Å²) in [5.41, 5.74) is 0. The normalized spacial score (nSPS) is 25.5. The van der Waals surface area contributed by atoms with Crippen molar-refractivity contribution in [2.45, 2.75) is 33.2 Å². The first kappa shape index (κ1) is 10.0. The molecule has 0 spiro atoms. The van der Waals surface area contributed by atoms with E-state index < -0.39 is 0 Å². The van der Waals surface area contributed by atoms with Crippen molar-refractivity contribution in [1.82, 2.24) is 10.2 Å². The Labute approximate surface area is 76.3 Å². The molecule has 0 unspecified atom stereocenters. The second kappa shape index (κ2) is 4.83. The van der Waals surface area contributed by atoms with Gasteiger partial charge in [-0.3, -0.25) is 0 Å². The zero-order valence-corrected chi connectivity index (χ0v) is 8.64. The van der Waals surface area contributed by atoms with Crippen LogP contribution in [0.3, 0.4) is 0 Å². The lowest BCUT2D eigenvalue weighted by Crippen LogP contribution is -2.33. The molecule has 0 amide bonds. The fraction of sp³-hybridized carbons (Fsp3) is 1.00. The molecule has 0 aromatic carbocycles. The quantitative estimate of drug-likeness (QED) is 0.684. The second-order valence-electron chi connectivity index (χ2n) is 4.20. The van der Waals surface area contributed by atoms with Gasteiger partial charge in [-0.05, 0) is 25.4 Å². The van der Waals surface area contributed by atoms with Gasteiger partial charge in [-0.2, -0.15) is 0 Å². The highest BCUT2D eigenvalue weighted by Crippen LogP contribution is 2.10. The van der Waals surface area contributed by atoms with E-state index >= 15 is 0 Å². The Morgan fingerprint density at radius 1 is 1.50 bits per heavy atom. The molecule has 0 radical (unpaired) electrons. The highest BCUT2D eigenvalue weighted by atomic mass is 15.2. The van der Waals surface area contributed by atoms with Crippen molar-refractivity contribution in [3.8, 4) is 0 Å². The van der Waals surface area contributed by atoms with Gasteiger partial charge in [0.05, 0.1) is 0 Å². The molecule has 72 valence electrons. The molecule has 1 N–H and O–H groups in total. The number of rotatable bonds is 4. The molecule has 0 aliphatic carbocycles. The van der Waals surface area contributed by atoms with Crippen LogP contribution < -0.4 is 5.32 Å². The third-order valence-corrected chi connectivity index (χ3v) is 2.39. The molecule has 0 aromatic heterocycles. The molecule has 1 aliphatic heterocycles. The minimum Gasteiger partial charge on any atom is -0.313 e. The molecule has 2 heteroatoms. The number of likely N-dealkylation sites (tertiary alicyclic amines) is 1. The Morgan fingerprint density at radius 3 is 2.83 bits per heavy atom. The third-order valence-electron chi connectivity index (χ3n) is 2.39. The van der Waals surface area contributed by atoms with Crippen LogP contribution in [0.1, 0.15) is 27.2 Å². The van der Waals surface area contributed by atoms with Gasteiger partial charge in [0, 0.05) is 19.1 Å². The predicted octanol–water partition coefficient (Wildman–Crippen LogP) is 1.33. The van der Waals surface area contributed by atoms with Crippen molar-refractivity contribution < 1.29 is 0 Å². The minimum absolute atomic E-state index is 0.758. The first-order chi connectivity index (χ1) is 5.72. The topological polar surface area (TPSA) is 15.3 Å². The Hall–Kier alpha value is -0.0800. The third kappa shape index (κ3) is 3.11. The van der Waals surface area contributed by atoms with E-state index in [1.807, 2.05) is 0 Å². The van der Waals surface area contributed by atoms with E-state index in [0.717, 1.165) is 18.5 Å². The molecule has 12 heavy (non-hydrogen) atoms. The van der Waals surface area contributed by atoms with Crippen molar-refractivity contribution in [2.24, 2.45) is 5.92 Å². The van der Waals surface area contributed by atoms with Crippen LogP contribution in [0.25, 0.3) is 0 Å². The van der Waals surface area contributed by atoms with E-state index in [-0.39, 0.29) is 0 Å². The monoisotopic (exact) mass is 170 g/mol. The van der Waals surface area contributed by atoms with Crippen molar-refractivity contribution in [3.63, 3.8) is 0 Å². The second-order valence-corrected chi connectivity index (χ2v) is 4.20. The molecular weight excluding hydrogens is 148 g/mol. The van der Waals surface area contributed by atoms with E-state index in [2.05, 4.69) is 31.0 Å². The van der Waals surface area contributed by atoms with Gasteiger partial charge in [0.25, 0.3) is 0 Å². The number of hydrogen-bond acceptors (Lipinski definition) is 2. The number of nitrogens with one attached hydrogen (secondary N) is 1. The lowest BCUT2D eigenvalue weighted by Gasteiger charge is -2.18. The molecular formula is C10H22N2. The SMILES string of the molecule is CCN[C@@H]1CCN(CC(C)C)C1. The molecule has 0 bridgehead atoms. The van der Waals surface area contributed by atoms with Gasteiger partial charge in [0.2, 0.25) is 0 Å². The molecule has 1 heterocycles. The standard InChI is InChI=1S/C10H22N2/c1-4-11-10-5-6-12(8-10)7-9(2)3/h9-11H,4-8H2,1-3H3/t10-/m1/s1. The first-order valence-corrected chi connectivity index (χ1v) is 5.18. The van der Waals surface area contributed by atoms with E-state index in [4.69, 9.17) is 0 Å². The van der Waals surface area contributed by atoms with E-state index in [9.17, 15) is 0 Å². The van der Waals surface area contributed by atoms with Crippen LogP contribution in [0.5, 0.6) is 0 Å². The molecule has 1 fully saturated rings. The van der Waals surface area contributed by atoms with Crippen LogP contribution in [0.15, 0.2) is 0 Å². The maximum Gasteiger partial charge on any atom is 0.0207 e. The van der Waals surface area contributed by atoms with Crippen LogP contribution in [-0.4, -0.2) is 37.1 Å². The van der Waals surface area contributed by atoms with Gasteiger partial charge >= 0.3 is 0 Å². The molecule has 0 aromatic rings. The van der Waals surface area contributed by atoms with E-state index in [1.165, 1.54) is 26.1 Å². The van der Waals surface area contributed by atoms with Crippen LogP contribution in [0.4, 0.5) is 0 Å². The highest BCUT2D eigenvalue weighted by molar-refractivity contribution is 4.80. The predicted molar refractivity (Wildman–Crippen MR) is 53.4 cm³/mol. The number of hydrogen-bond donors (Lipinski definition) is 1. The minimum atomic E-state index is 0.758. The molecule has 1 saturated heterocycles. The highest BCUT2D eigenvalue weighted by Gasteiger charge is 2.21. The zero-order chi connectivity index (χ0) is 8.97. The Kier molecular flexibility index (Phi) is 4.02. The van der Waals surface area contributed by atoms with Crippen LogP contribution in [-0.2, 0) is 0 Å². The maximum atomic E-state index is 3.51. The molecule has 0 saturated carbocycles. The zero-order valence-electron chi connectivity index (χ0n) is 8.64. The van der Waals surface area contributed by atoms with Crippen LogP contribution >= 0.6 is 0 Å². The average Bonchev–Trinajstić information content (AvgIpc) is 2.36. The Bertz CT molecular complexity index is 123. The summed E-state index contributed by atoms with van der Waals surface area (Å²) in [6.45, 7) is 11.7. The van der Waals surface area contributed by atoms with Gasteiger partial charge in [0.15, 0.2) is 0 Å². The van der Waals surface area contributed by atoms with Crippen molar-refractivity contribution >= 4 is 0 Å². The molecule has 1 aliphatic rings. The summed E-state index contributed by atoms with van der Waals surface area (Å²) in [6, 6.07) is 0.758. The Morgan fingerprint density at radius 2 is 2.25 bits per heavy atom. The summed E-state index contributed by atoms with van der Waals surface area (Å²) in [5, 5.41) is 3.51. The number of likely N-dealkylation sites (N-methyl/N-ethyl adjacent to an activating group) is 1. The largest absolute Gasteiger partial charge is 0.313 e. The van der Waals surface area contributed by atoms with Gasteiger partial charge < -0.3 is 10.2 Å². The van der Waals surface area contributed by atoms with E-state index in [1.54, 1.807) is 0 Å². The van der Waals surface area contributed by atoms with E-state index in [0.29, 0.717) is 0 Å². The van der Waals surface area contributed by atoms with Gasteiger partial charge in [-0.15, -0.1) is 0 Å². The number of nitrogens with zero attached hydrogens (tertiary/aromatic N) is 1. The molecule has 1 rings (SSSR count). The van der Waals surface area contributed by atoms with Crippen LogP contribution in [0, 0.1) is 5.92 Å². The first-order valence-electron chi connectivity index (χ1n) is 5.18. The summed E-state index contributed by atoms with van der Waals surface area (Å²) < 4.78 is 0. The summed E-state index contributed by atoms with van der Waals surface area (Å²) in [4.78, 5) is 2.57. The summed E-state index contributed by atoms with van der Waals surface area (Å²) in [6.07, 6.45) is 1.33. The van der Waals surface area contributed by atoms with Gasteiger partial charge in [0.1, 0.15) is 0 Å². The molecule has 1 atom stereocenters. The van der Waals surface area contributed by atoms with Crippen LogP contribution in [0.2, 0.25) is 0 Å². The lowest BCUT2D eigenvalue weighted by atomic mass is 10.2. The smallest absolute Gasteiger partial charge is 0.0207 e. The summed E-state index contributed by atoms with van der Waals surface area (Å²) >= 11 is 0. The summed E-state index contributed by atoms with van der Waals surface area (Å²) in [7, 11) is 0. The maximum absolute atomic E-state index is 3.51. The molecule has 2 nitrogen and oxygen atoms in total. The van der Waals surface area contributed by atoms with Gasteiger partial charge in [-0.1, -0.05) is 20.8 Å². The summed E-state index contributed by atoms with van der Waals surface area (Å²) in [5.74, 6) is 0.811. The fourth-order valence-electron chi connectivity index (χ4n) is 1.97. The lowest BCUT2D eigenvalue weighted by molar-refractivity contribution is 0.290. The van der Waals surface area contributed by atoms with Crippen molar-refractivity contribution in [2.75, 3.05) is 26.2 Å². The Balaban J connectivity index is 2.16. The average molecular weight is 170 g/mol. The van der Waals surface area contributed by atoms with Gasteiger partial charge in [-0.25, -0.2) is 0 Å². The van der Waals surface area contributed by atoms with Crippen molar-refractivity contribution in [3.05, 3.63) is 0 Å². The fourth-order valence-corrected chi connectivity index (χ4v) is 1.97.